The first-order chi connectivity index (χ1) is 15.0. The lowest BCUT2D eigenvalue weighted by Crippen LogP contribution is -2.69. The first-order valence-electron chi connectivity index (χ1n) is 13.1. The van der Waals surface area contributed by atoms with Crippen LogP contribution in [0.15, 0.2) is 17.7 Å². The highest BCUT2D eigenvalue weighted by Crippen LogP contribution is 2.83. The second-order valence-corrected chi connectivity index (χ2v) is 42.4. The number of hydrogen-bond acceptors (Lipinski definition) is 1. The molecule has 5 rings (SSSR count). The van der Waals surface area contributed by atoms with E-state index in [4.69, 9.17) is 5.73 Å². The van der Waals surface area contributed by atoms with Crippen LogP contribution in [-0.2, 0) is 21.7 Å². The molecule has 1 aromatic rings. The van der Waals surface area contributed by atoms with Gasteiger partial charge in [0.2, 0.25) is 5.91 Å². The SMILES string of the molecule is CC1=Cc2cc(C(C)(C)C)cc(C34C5CCC(C5)C3(C(N)=O)[Si](C)(C)[Si](C)(C)[Si]4(C)C)c2C1. The van der Waals surface area contributed by atoms with Gasteiger partial charge in [-0.1, -0.05) is 83.8 Å². The summed E-state index contributed by atoms with van der Waals surface area (Å²) in [5.41, 5.74) is 14.3. The van der Waals surface area contributed by atoms with E-state index in [1.165, 1.54) is 36.0 Å². The van der Waals surface area contributed by atoms with Gasteiger partial charge >= 0.3 is 0 Å². The summed E-state index contributed by atoms with van der Waals surface area (Å²) in [5, 5.41) is -0.251. The minimum Gasteiger partial charge on any atom is -0.369 e. The third-order valence-corrected chi connectivity index (χ3v) is 57.1. The number of rotatable bonds is 2. The number of fused-ring (bicyclic) bond motifs is 6. The van der Waals surface area contributed by atoms with Gasteiger partial charge in [0.05, 0.1) is 15.2 Å². The Kier molecular flexibility index (Phi) is 4.65. The van der Waals surface area contributed by atoms with Crippen LogP contribution in [0.3, 0.4) is 0 Å². The summed E-state index contributed by atoms with van der Waals surface area (Å²) < 4.78 is 0. The summed E-state index contributed by atoms with van der Waals surface area (Å²) in [5.74, 6) is 1.23. The fourth-order valence-corrected chi connectivity index (χ4v) is 54.3. The molecular weight excluding hydrogens is 451 g/mol. The van der Waals surface area contributed by atoms with Crippen LogP contribution in [0.1, 0.15) is 69.2 Å². The summed E-state index contributed by atoms with van der Waals surface area (Å²) in [7, 11) is -5.52. The predicted octanol–water partition coefficient (Wildman–Crippen LogP) is 6.67. The van der Waals surface area contributed by atoms with E-state index in [1.807, 2.05) is 0 Å². The van der Waals surface area contributed by atoms with Crippen LogP contribution in [0, 0.1) is 11.8 Å². The number of carbonyl (C=O) groups excluding carboxylic acids is 1. The van der Waals surface area contributed by atoms with Crippen molar-refractivity contribution in [1.82, 2.24) is 0 Å². The highest BCUT2D eigenvalue weighted by molar-refractivity contribution is 7.72. The zero-order valence-corrected chi connectivity index (χ0v) is 25.7. The fraction of sp³-hybridized carbons (Fsp3) is 0.679. The highest BCUT2D eigenvalue weighted by atomic mass is 29.6. The molecule has 2 N–H and O–H groups in total. The molecule has 2 nitrogen and oxygen atoms in total. The molecule has 0 radical (unpaired) electrons. The van der Waals surface area contributed by atoms with Gasteiger partial charge in [-0.3, -0.25) is 4.79 Å². The average molecular weight is 496 g/mol. The standard InChI is InChI=1S/C28H45NOSi3/c1-18-13-19-15-22(26(2,3)4)17-24(23(19)14-18)27-20-11-12-21(16-20)28(27,25(29)30)32(7,8)33(9,10)31(27,5)6/h13,15,17,20-21H,11-12,14,16H2,1-10H3,(H2,29,30). The largest absolute Gasteiger partial charge is 0.369 e. The Morgan fingerprint density at radius 1 is 1.00 bits per heavy atom. The van der Waals surface area contributed by atoms with E-state index in [0.29, 0.717) is 11.8 Å². The van der Waals surface area contributed by atoms with Crippen molar-refractivity contribution in [2.45, 2.75) is 108 Å². The zero-order valence-electron chi connectivity index (χ0n) is 22.7. The Balaban J connectivity index is 1.98. The molecule has 0 aromatic heterocycles. The van der Waals surface area contributed by atoms with Crippen molar-refractivity contribution in [3.8, 4) is 0 Å². The number of benzene rings is 1. The van der Waals surface area contributed by atoms with Gasteiger partial charge in [-0.15, -0.1) is 0 Å². The molecule has 0 spiro atoms. The molecule has 4 atom stereocenters. The Hall–Kier alpha value is -0.919. The maximum Gasteiger partial charge on any atom is 0.221 e. The number of nitrogens with two attached hydrogens (primary N) is 1. The second kappa shape index (κ2) is 6.44. The van der Waals surface area contributed by atoms with Gasteiger partial charge in [0.15, 0.2) is 0 Å². The van der Waals surface area contributed by atoms with Crippen molar-refractivity contribution in [1.29, 1.82) is 0 Å². The van der Waals surface area contributed by atoms with Crippen molar-refractivity contribution in [2.75, 3.05) is 0 Å². The number of primary amides is 1. The molecule has 33 heavy (non-hydrogen) atoms. The second-order valence-electron chi connectivity index (χ2n) is 14.6. The lowest BCUT2D eigenvalue weighted by atomic mass is 9.69. The molecule has 1 aromatic carbocycles. The van der Waals surface area contributed by atoms with Crippen molar-refractivity contribution < 1.29 is 4.79 Å². The van der Waals surface area contributed by atoms with Gasteiger partial charge < -0.3 is 5.73 Å². The predicted molar refractivity (Wildman–Crippen MR) is 149 cm³/mol. The normalized spacial score (nSPS) is 37.1. The molecule has 180 valence electrons. The molecule has 4 aliphatic rings. The van der Waals surface area contributed by atoms with E-state index >= 15 is 0 Å². The zero-order chi connectivity index (χ0) is 24.6. The van der Waals surface area contributed by atoms with Crippen LogP contribution in [0.2, 0.25) is 44.3 Å². The topological polar surface area (TPSA) is 43.1 Å². The van der Waals surface area contributed by atoms with E-state index in [0.717, 1.165) is 6.42 Å². The summed E-state index contributed by atoms with van der Waals surface area (Å²) >= 11 is 0. The lowest BCUT2D eigenvalue weighted by molar-refractivity contribution is -0.123. The Morgan fingerprint density at radius 2 is 1.61 bits per heavy atom. The summed E-state index contributed by atoms with van der Waals surface area (Å²) in [6, 6.07) is 5.07. The van der Waals surface area contributed by atoms with Crippen LogP contribution in [-0.4, -0.2) is 28.2 Å². The first-order valence-corrected chi connectivity index (χ1v) is 24.1. The molecule has 1 amide bonds. The van der Waals surface area contributed by atoms with E-state index < -0.39 is 22.3 Å². The third-order valence-electron chi connectivity index (χ3n) is 12.2. The molecule has 5 heteroatoms. The van der Waals surface area contributed by atoms with Crippen LogP contribution in [0.25, 0.3) is 6.08 Å². The Labute approximate surface area is 204 Å². The molecule has 3 aliphatic carbocycles. The molecule has 4 unspecified atom stereocenters. The summed E-state index contributed by atoms with van der Waals surface area (Å²) in [6.07, 6.45) is 7.24. The van der Waals surface area contributed by atoms with Crippen molar-refractivity contribution in [3.63, 3.8) is 0 Å². The molecule has 2 saturated carbocycles. The Morgan fingerprint density at radius 3 is 2.18 bits per heavy atom. The van der Waals surface area contributed by atoms with Gasteiger partial charge in [-0.25, -0.2) is 0 Å². The number of allylic oxidation sites excluding steroid dienone is 1. The minimum absolute atomic E-state index is 0.0179. The monoisotopic (exact) mass is 495 g/mol. The average Bonchev–Trinajstić information content (AvgIpc) is 3.37. The van der Waals surface area contributed by atoms with E-state index in [2.05, 4.69) is 85.2 Å². The van der Waals surface area contributed by atoms with Crippen molar-refractivity contribution in [3.05, 3.63) is 40.0 Å². The van der Waals surface area contributed by atoms with Crippen molar-refractivity contribution >= 4 is 34.3 Å². The van der Waals surface area contributed by atoms with Gasteiger partial charge in [0, 0.05) is 17.2 Å². The quantitative estimate of drug-likeness (QED) is 0.457. The molecule has 3 fully saturated rings. The molecular formula is C28H45NOSi3. The van der Waals surface area contributed by atoms with Gasteiger partial charge in [-0.05, 0) is 72.1 Å². The van der Waals surface area contributed by atoms with Crippen LogP contribution < -0.4 is 5.73 Å². The van der Waals surface area contributed by atoms with Crippen LogP contribution in [0.5, 0.6) is 0 Å². The van der Waals surface area contributed by atoms with E-state index in [-0.39, 0.29) is 21.4 Å². The highest BCUT2D eigenvalue weighted by Gasteiger charge is 2.89. The maximum atomic E-state index is 14.1. The first kappa shape index (κ1) is 23.8. The molecule has 1 aliphatic heterocycles. The third kappa shape index (κ3) is 2.29. The summed E-state index contributed by atoms with van der Waals surface area (Å²) in [6.45, 7) is 25.3. The van der Waals surface area contributed by atoms with Crippen LogP contribution in [0.4, 0.5) is 0 Å². The van der Waals surface area contributed by atoms with E-state index in [1.54, 1.807) is 11.1 Å². The van der Waals surface area contributed by atoms with Gasteiger partial charge in [0.25, 0.3) is 0 Å². The van der Waals surface area contributed by atoms with Gasteiger partial charge in [-0.2, -0.15) is 0 Å². The molecule has 1 saturated heterocycles. The van der Waals surface area contributed by atoms with Gasteiger partial charge in [0.1, 0.15) is 0 Å². The smallest absolute Gasteiger partial charge is 0.221 e. The van der Waals surface area contributed by atoms with E-state index in [9.17, 15) is 4.79 Å². The fourth-order valence-electron chi connectivity index (χ4n) is 10.1. The van der Waals surface area contributed by atoms with Crippen molar-refractivity contribution in [2.24, 2.45) is 17.6 Å². The van der Waals surface area contributed by atoms with Crippen LogP contribution >= 0.6 is 0 Å². The lowest BCUT2D eigenvalue weighted by Gasteiger charge is -2.57. The number of hydrogen-bond donors (Lipinski definition) is 1. The molecule has 2 bridgehead atoms. The minimum atomic E-state index is -1.96. The maximum absolute atomic E-state index is 14.1. The summed E-state index contributed by atoms with van der Waals surface area (Å²) in [4.78, 5) is 14.1. The molecule has 1 heterocycles. The Bertz CT molecular complexity index is 1110. The number of carbonyl (C=O) groups is 1. The number of amides is 1.